The third kappa shape index (κ3) is 3.47. The van der Waals surface area contributed by atoms with Gasteiger partial charge in [-0.2, -0.15) is 0 Å². The van der Waals surface area contributed by atoms with Crippen molar-refractivity contribution in [3.63, 3.8) is 0 Å². The Kier molecular flexibility index (Phi) is 5.32. The number of hydrogen-bond acceptors (Lipinski definition) is 5. The van der Waals surface area contributed by atoms with Crippen LogP contribution in [0.4, 0.5) is 0 Å². The molecule has 2 N–H and O–H groups in total. The summed E-state index contributed by atoms with van der Waals surface area (Å²) in [5.74, 6) is 1.12. The average molecular weight is 370 g/mol. The summed E-state index contributed by atoms with van der Waals surface area (Å²) >= 11 is 0. The van der Waals surface area contributed by atoms with Crippen LogP contribution >= 0.6 is 0 Å². The molecule has 0 amide bonds. The lowest BCUT2D eigenvalue weighted by Crippen LogP contribution is -2.28. The molecule has 0 spiro atoms. The Balaban J connectivity index is 2.23. The van der Waals surface area contributed by atoms with Crippen LogP contribution in [0.25, 0.3) is 22.6 Å². The van der Waals surface area contributed by atoms with Gasteiger partial charge in [0, 0.05) is 5.56 Å². The fourth-order valence-corrected chi connectivity index (χ4v) is 3.21. The first-order valence-electron chi connectivity index (χ1n) is 9.13. The smallest absolute Gasteiger partial charge is 0.329 e. The monoisotopic (exact) mass is 370 g/mol. The van der Waals surface area contributed by atoms with Gasteiger partial charge in [0.25, 0.3) is 0 Å². The summed E-state index contributed by atoms with van der Waals surface area (Å²) in [7, 11) is 1.62. The number of fused-ring (bicyclic) bond motifs is 1. The first kappa shape index (κ1) is 19.1. The average Bonchev–Trinajstić information content (AvgIpc) is 2.96. The van der Waals surface area contributed by atoms with Gasteiger partial charge in [-0.05, 0) is 29.5 Å². The number of methoxy groups -OCH3 is 1. The van der Waals surface area contributed by atoms with E-state index in [1.165, 1.54) is 4.57 Å². The van der Waals surface area contributed by atoms with E-state index in [1.807, 2.05) is 32.0 Å². The van der Waals surface area contributed by atoms with Gasteiger partial charge in [-0.3, -0.25) is 9.55 Å². The van der Waals surface area contributed by atoms with Gasteiger partial charge < -0.3 is 9.84 Å². The van der Waals surface area contributed by atoms with Crippen LogP contribution < -0.4 is 10.4 Å². The first-order valence-corrected chi connectivity index (χ1v) is 9.13. The standard InChI is InChI=1S/C20H26N4O3/c1-11(2)13-6-7-17(27-5)14(8-13)15-9-21-18-19(22-15)24(20(26)23-18)16(10-25)12(3)4/h6-9,11-12,16,25H,10H2,1-5H3,(H,21,23,26)/t16-/m0/s1. The Bertz CT molecular complexity index is 1000. The van der Waals surface area contributed by atoms with Gasteiger partial charge in [-0.25, -0.2) is 14.8 Å². The van der Waals surface area contributed by atoms with Gasteiger partial charge in [0.15, 0.2) is 11.3 Å². The molecule has 3 aromatic rings. The molecular weight excluding hydrogens is 344 g/mol. The number of nitrogens with one attached hydrogen (secondary N) is 1. The molecule has 3 rings (SSSR count). The molecule has 27 heavy (non-hydrogen) atoms. The lowest BCUT2D eigenvalue weighted by atomic mass is 9.99. The van der Waals surface area contributed by atoms with Crippen molar-refractivity contribution in [3.05, 3.63) is 40.4 Å². The minimum Gasteiger partial charge on any atom is -0.496 e. The molecule has 0 unspecified atom stereocenters. The number of aromatic nitrogens is 4. The number of hydrogen-bond donors (Lipinski definition) is 2. The predicted octanol–water partition coefficient (Wildman–Crippen LogP) is 3.11. The molecular formula is C20H26N4O3. The zero-order chi connectivity index (χ0) is 19.7. The van der Waals surface area contributed by atoms with Gasteiger partial charge in [0.2, 0.25) is 0 Å². The number of nitrogens with zero attached hydrogens (tertiary/aromatic N) is 3. The quantitative estimate of drug-likeness (QED) is 0.695. The van der Waals surface area contributed by atoms with E-state index in [1.54, 1.807) is 13.3 Å². The van der Waals surface area contributed by atoms with Crippen LogP contribution in [0.1, 0.15) is 45.2 Å². The number of aliphatic hydroxyl groups excluding tert-OH is 1. The highest BCUT2D eigenvalue weighted by atomic mass is 16.5. The molecule has 144 valence electrons. The van der Waals surface area contributed by atoms with Crippen LogP contribution in [0, 0.1) is 5.92 Å². The number of aliphatic hydroxyl groups is 1. The molecule has 0 saturated carbocycles. The van der Waals surface area contributed by atoms with Crippen LogP contribution in [0.3, 0.4) is 0 Å². The summed E-state index contributed by atoms with van der Waals surface area (Å²) in [6.07, 6.45) is 1.63. The molecule has 7 heteroatoms. The third-order valence-electron chi connectivity index (χ3n) is 4.88. The van der Waals surface area contributed by atoms with Crippen molar-refractivity contribution in [2.24, 2.45) is 5.92 Å². The topological polar surface area (TPSA) is 93.0 Å². The van der Waals surface area contributed by atoms with Crippen LogP contribution in [0.15, 0.2) is 29.2 Å². The number of H-pyrrole nitrogens is 1. The van der Waals surface area contributed by atoms with Crippen LogP contribution in [0.5, 0.6) is 5.75 Å². The molecule has 1 aromatic carbocycles. The number of aromatic amines is 1. The summed E-state index contributed by atoms with van der Waals surface area (Å²) in [6, 6.07) is 5.62. The second-order valence-corrected chi connectivity index (χ2v) is 7.34. The molecule has 7 nitrogen and oxygen atoms in total. The van der Waals surface area contributed by atoms with Gasteiger partial charge >= 0.3 is 5.69 Å². The first-order chi connectivity index (χ1) is 12.9. The Morgan fingerprint density at radius 2 is 2.00 bits per heavy atom. The van der Waals surface area contributed by atoms with Crippen LogP contribution in [-0.4, -0.2) is 38.3 Å². The van der Waals surface area contributed by atoms with E-state index in [2.05, 4.69) is 23.8 Å². The molecule has 0 radical (unpaired) electrons. The minimum absolute atomic E-state index is 0.0657. The van der Waals surface area contributed by atoms with Crippen molar-refractivity contribution in [1.29, 1.82) is 0 Å². The van der Waals surface area contributed by atoms with E-state index in [9.17, 15) is 9.90 Å². The number of benzene rings is 1. The van der Waals surface area contributed by atoms with Gasteiger partial charge in [-0.1, -0.05) is 33.8 Å². The van der Waals surface area contributed by atoms with Crippen molar-refractivity contribution in [1.82, 2.24) is 19.5 Å². The number of imidazole rings is 1. The van der Waals surface area contributed by atoms with Gasteiger partial charge in [-0.15, -0.1) is 0 Å². The molecule has 0 fully saturated rings. The maximum Gasteiger partial charge on any atom is 0.329 e. The molecule has 0 saturated heterocycles. The van der Waals surface area contributed by atoms with Gasteiger partial charge in [0.1, 0.15) is 5.75 Å². The fraction of sp³-hybridized carbons (Fsp3) is 0.450. The summed E-state index contributed by atoms with van der Waals surface area (Å²) in [5, 5.41) is 9.78. The molecule has 1 atom stereocenters. The molecule has 0 aliphatic rings. The lowest BCUT2D eigenvalue weighted by molar-refractivity contribution is 0.193. The Hall–Kier alpha value is -2.67. The molecule has 2 aromatic heterocycles. The van der Waals surface area contributed by atoms with E-state index < -0.39 is 0 Å². The van der Waals surface area contributed by atoms with Crippen molar-refractivity contribution in [3.8, 4) is 17.0 Å². The lowest BCUT2D eigenvalue weighted by Gasteiger charge is -2.19. The maximum absolute atomic E-state index is 12.4. The van der Waals surface area contributed by atoms with E-state index >= 15 is 0 Å². The zero-order valence-electron chi connectivity index (χ0n) is 16.4. The summed E-state index contributed by atoms with van der Waals surface area (Å²) in [6.45, 7) is 8.01. The minimum atomic E-state index is -0.375. The third-order valence-corrected chi connectivity index (χ3v) is 4.88. The highest BCUT2D eigenvalue weighted by Crippen LogP contribution is 2.32. The van der Waals surface area contributed by atoms with Crippen molar-refractivity contribution in [2.45, 2.75) is 39.7 Å². The SMILES string of the molecule is COc1ccc(C(C)C)cc1-c1cnc2[nH]c(=O)n([C@@H](CO)C(C)C)c2n1. The number of ether oxygens (including phenoxy) is 1. The normalized spacial score (nSPS) is 12.9. The summed E-state index contributed by atoms with van der Waals surface area (Å²) < 4.78 is 7.00. The van der Waals surface area contributed by atoms with Crippen LogP contribution in [0.2, 0.25) is 0 Å². The van der Waals surface area contributed by atoms with E-state index in [0.717, 1.165) is 11.1 Å². The van der Waals surface area contributed by atoms with Crippen molar-refractivity contribution >= 4 is 11.3 Å². The Morgan fingerprint density at radius 1 is 1.26 bits per heavy atom. The second kappa shape index (κ2) is 7.52. The Labute approximate surface area is 158 Å². The molecule has 0 bridgehead atoms. The number of rotatable bonds is 6. The van der Waals surface area contributed by atoms with Crippen molar-refractivity contribution in [2.75, 3.05) is 13.7 Å². The van der Waals surface area contributed by atoms with Crippen molar-refractivity contribution < 1.29 is 9.84 Å². The maximum atomic E-state index is 12.4. The van der Waals surface area contributed by atoms with E-state index in [0.29, 0.717) is 28.7 Å². The Morgan fingerprint density at radius 3 is 2.59 bits per heavy atom. The zero-order valence-corrected chi connectivity index (χ0v) is 16.4. The second-order valence-electron chi connectivity index (χ2n) is 7.34. The fourth-order valence-electron chi connectivity index (χ4n) is 3.21. The highest BCUT2D eigenvalue weighted by molar-refractivity contribution is 5.74. The highest BCUT2D eigenvalue weighted by Gasteiger charge is 2.22. The predicted molar refractivity (Wildman–Crippen MR) is 105 cm³/mol. The molecule has 0 aliphatic heterocycles. The summed E-state index contributed by atoms with van der Waals surface area (Å²) in [4.78, 5) is 24.3. The molecule has 0 aliphatic carbocycles. The molecule has 2 heterocycles. The van der Waals surface area contributed by atoms with Crippen LogP contribution in [-0.2, 0) is 0 Å². The largest absolute Gasteiger partial charge is 0.496 e. The van der Waals surface area contributed by atoms with E-state index in [-0.39, 0.29) is 24.3 Å². The van der Waals surface area contributed by atoms with Gasteiger partial charge in [0.05, 0.1) is 31.6 Å². The van der Waals surface area contributed by atoms with E-state index in [4.69, 9.17) is 9.72 Å². The summed E-state index contributed by atoms with van der Waals surface area (Å²) in [5.41, 5.74) is 3.12.